The summed E-state index contributed by atoms with van der Waals surface area (Å²) in [5.74, 6) is -1.44. The van der Waals surface area contributed by atoms with Crippen LogP contribution in [0.2, 0.25) is 0 Å². The summed E-state index contributed by atoms with van der Waals surface area (Å²) in [5, 5.41) is 11.7. The Balaban J connectivity index is 2.00. The van der Waals surface area contributed by atoms with Gasteiger partial charge in [0.05, 0.1) is 0 Å². The molecule has 0 radical (unpaired) electrons. The molecule has 0 spiro atoms. The Labute approximate surface area is 126 Å². The molecular formula is C15H16N2O3S. The maximum absolute atomic E-state index is 12.1. The Morgan fingerprint density at radius 2 is 2.14 bits per heavy atom. The molecule has 2 aromatic heterocycles. The molecule has 0 bridgehead atoms. The summed E-state index contributed by atoms with van der Waals surface area (Å²) in [6.07, 6.45) is 2.08. The van der Waals surface area contributed by atoms with Crippen LogP contribution in [0.4, 0.5) is 0 Å². The van der Waals surface area contributed by atoms with Crippen molar-refractivity contribution in [2.45, 2.75) is 26.3 Å². The first kappa shape index (κ1) is 15.2. The minimum absolute atomic E-state index is 0.0306. The van der Waals surface area contributed by atoms with Crippen LogP contribution in [0, 0.1) is 6.92 Å². The Kier molecular flexibility index (Phi) is 4.70. The van der Waals surface area contributed by atoms with E-state index in [-0.39, 0.29) is 17.6 Å². The third kappa shape index (κ3) is 4.13. The van der Waals surface area contributed by atoms with E-state index in [1.165, 1.54) is 28.1 Å². The molecule has 6 heteroatoms. The van der Waals surface area contributed by atoms with Crippen molar-refractivity contribution >= 4 is 23.2 Å². The van der Waals surface area contributed by atoms with E-state index in [9.17, 15) is 9.59 Å². The average molecular weight is 304 g/mol. The molecule has 21 heavy (non-hydrogen) atoms. The molecule has 5 nitrogen and oxygen atoms in total. The largest absolute Gasteiger partial charge is 0.477 e. The van der Waals surface area contributed by atoms with E-state index in [4.69, 9.17) is 5.11 Å². The number of aromatic carboxylic acids is 1. The van der Waals surface area contributed by atoms with E-state index in [1.54, 1.807) is 11.3 Å². The first-order valence-corrected chi connectivity index (χ1v) is 7.33. The van der Waals surface area contributed by atoms with Gasteiger partial charge in [-0.15, -0.1) is 11.3 Å². The van der Waals surface area contributed by atoms with E-state index in [0.717, 1.165) is 6.42 Å². The lowest BCUT2D eigenvalue weighted by atomic mass is 10.1. The minimum atomic E-state index is -1.15. The van der Waals surface area contributed by atoms with Crippen molar-refractivity contribution in [3.05, 3.63) is 51.5 Å². The molecule has 0 aliphatic rings. The zero-order valence-electron chi connectivity index (χ0n) is 11.8. The number of rotatable bonds is 5. The van der Waals surface area contributed by atoms with Gasteiger partial charge in [-0.2, -0.15) is 0 Å². The molecule has 1 atom stereocenters. The number of carbonyl (C=O) groups is 2. The van der Waals surface area contributed by atoms with Gasteiger partial charge < -0.3 is 10.4 Å². The van der Waals surface area contributed by atoms with Crippen LogP contribution in [0.15, 0.2) is 30.5 Å². The van der Waals surface area contributed by atoms with Crippen LogP contribution >= 0.6 is 11.3 Å². The molecule has 2 N–H and O–H groups in total. The van der Waals surface area contributed by atoms with Crippen LogP contribution in [0.25, 0.3) is 0 Å². The molecule has 0 saturated carbocycles. The van der Waals surface area contributed by atoms with E-state index in [0.29, 0.717) is 5.56 Å². The summed E-state index contributed by atoms with van der Waals surface area (Å²) in [7, 11) is 0. The molecule has 0 aliphatic carbocycles. The standard InChI is InChI=1S/C15H16N2O3S/c1-9(7-12-4-3-10(2)21-12)17-14(18)11-5-6-16-13(8-11)15(19)20/h3-6,8-9H,7H2,1-2H3,(H,17,18)(H,19,20)/t9-/m1/s1. The summed E-state index contributed by atoms with van der Waals surface area (Å²) in [6, 6.07) is 6.86. The van der Waals surface area contributed by atoms with Crippen molar-refractivity contribution < 1.29 is 14.7 Å². The number of nitrogens with zero attached hydrogens (tertiary/aromatic N) is 1. The zero-order chi connectivity index (χ0) is 15.4. The number of aryl methyl sites for hydroxylation is 1. The number of nitrogens with one attached hydrogen (secondary N) is 1. The number of carbonyl (C=O) groups excluding carboxylic acids is 1. The minimum Gasteiger partial charge on any atom is -0.477 e. The first-order valence-electron chi connectivity index (χ1n) is 6.51. The number of aromatic nitrogens is 1. The number of hydrogen-bond acceptors (Lipinski definition) is 4. The van der Waals surface area contributed by atoms with Crippen LogP contribution in [0.3, 0.4) is 0 Å². The predicted molar refractivity (Wildman–Crippen MR) is 80.9 cm³/mol. The van der Waals surface area contributed by atoms with Gasteiger partial charge >= 0.3 is 5.97 Å². The molecule has 2 heterocycles. The number of thiophene rings is 1. The van der Waals surface area contributed by atoms with Gasteiger partial charge in [0.25, 0.3) is 5.91 Å². The summed E-state index contributed by atoms with van der Waals surface area (Å²) >= 11 is 1.71. The lowest BCUT2D eigenvalue weighted by Gasteiger charge is -2.13. The maximum atomic E-state index is 12.1. The summed E-state index contributed by atoms with van der Waals surface area (Å²) in [6.45, 7) is 3.97. The van der Waals surface area contributed by atoms with Crippen LogP contribution in [-0.2, 0) is 6.42 Å². The number of carboxylic acid groups (broad SMARTS) is 1. The second-order valence-corrected chi connectivity index (χ2v) is 6.20. The van der Waals surface area contributed by atoms with Crippen molar-refractivity contribution in [3.63, 3.8) is 0 Å². The van der Waals surface area contributed by atoms with Gasteiger partial charge in [0, 0.05) is 34.0 Å². The lowest BCUT2D eigenvalue weighted by molar-refractivity contribution is 0.0690. The monoisotopic (exact) mass is 304 g/mol. The van der Waals surface area contributed by atoms with Gasteiger partial charge in [0.15, 0.2) is 0 Å². The second kappa shape index (κ2) is 6.49. The highest BCUT2D eigenvalue weighted by Crippen LogP contribution is 2.16. The van der Waals surface area contributed by atoms with Gasteiger partial charge in [-0.1, -0.05) is 0 Å². The molecular weight excluding hydrogens is 288 g/mol. The van der Waals surface area contributed by atoms with Gasteiger partial charge in [-0.05, 0) is 38.1 Å². The second-order valence-electron chi connectivity index (χ2n) is 4.83. The normalized spacial score (nSPS) is 11.9. The van der Waals surface area contributed by atoms with Crippen LogP contribution in [-0.4, -0.2) is 28.0 Å². The fourth-order valence-electron chi connectivity index (χ4n) is 1.94. The van der Waals surface area contributed by atoms with E-state index < -0.39 is 5.97 Å². The Morgan fingerprint density at radius 1 is 1.38 bits per heavy atom. The lowest BCUT2D eigenvalue weighted by Crippen LogP contribution is -2.34. The fraction of sp³-hybridized carbons (Fsp3) is 0.267. The van der Waals surface area contributed by atoms with Gasteiger partial charge in [0.2, 0.25) is 0 Å². The molecule has 0 aromatic carbocycles. The summed E-state index contributed by atoms with van der Waals surface area (Å²) < 4.78 is 0. The van der Waals surface area contributed by atoms with Gasteiger partial charge in [0.1, 0.15) is 5.69 Å². The topological polar surface area (TPSA) is 79.3 Å². The van der Waals surface area contributed by atoms with Gasteiger partial charge in [-0.3, -0.25) is 4.79 Å². The Morgan fingerprint density at radius 3 is 2.76 bits per heavy atom. The Hall–Kier alpha value is -2.21. The highest BCUT2D eigenvalue weighted by atomic mass is 32.1. The molecule has 0 aliphatic heterocycles. The van der Waals surface area contributed by atoms with E-state index in [2.05, 4.69) is 22.4 Å². The number of hydrogen-bond donors (Lipinski definition) is 2. The molecule has 1 amide bonds. The number of amides is 1. The summed E-state index contributed by atoms with van der Waals surface area (Å²) in [5.41, 5.74) is 0.167. The van der Waals surface area contributed by atoms with Crippen molar-refractivity contribution in [2.24, 2.45) is 0 Å². The zero-order valence-corrected chi connectivity index (χ0v) is 12.6. The molecule has 0 fully saturated rings. The van der Waals surface area contributed by atoms with Crippen molar-refractivity contribution in [3.8, 4) is 0 Å². The SMILES string of the molecule is Cc1ccc(C[C@@H](C)NC(=O)c2ccnc(C(=O)O)c2)s1. The highest BCUT2D eigenvalue weighted by molar-refractivity contribution is 7.11. The van der Waals surface area contributed by atoms with E-state index >= 15 is 0 Å². The maximum Gasteiger partial charge on any atom is 0.354 e. The molecule has 2 rings (SSSR count). The quantitative estimate of drug-likeness (QED) is 0.889. The average Bonchev–Trinajstić information content (AvgIpc) is 2.83. The van der Waals surface area contributed by atoms with Gasteiger partial charge in [-0.25, -0.2) is 9.78 Å². The molecule has 0 saturated heterocycles. The first-order chi connectivity index (χ1) is 9.95. The predicted octanol–water partition coefficient (Wildman–Crippen LogP) is 2.51. The Bertz CT molecular complexity index is 666. The third-order valence-corrected chi connectivity index (χ3v) is 3.95. The van der Waals surface area contributed by atoms with Crippen LogP contribution < -0.4 is 5.32 Å². The van der Waals surface area contributed by atoms with Crippen LogP contribution in [0.1, 0.15) is 37.5 Å². The van der Waals surface area contributed by atoms with Crippen molar-refractivity contribution in [1.29, 1.82) is 0 Å². The smallest absolute Gasteiger partial charge is 0.354 e. The van der Waals surface area contributed by atoms with Crippen molar-refractivity contribution in [2.75, 3.05) is 0 Å². The highest BCUT2D eigenvalue weighted by Gasteiger charge is 2.13. The third-order valence-electron chi connectivity index (χ3n) is 2.92. The molecule has 0 unspecified atom stereocenters. The summed E-state index contributed by atoms with van der Waals surface area (Å²) in [4.78, 5) is 29.1. The molecule has 2 aromatic rings. The van der Waals surface area contributed by atoms with E-state index in [1.807, 2.05) is 13.8 Å². The number of pyridine rings is 1. The molecule has 110 valence electrons. The van der Waals surface area contributed by atoms with Crippen LogP contribution in [0.5, 0.6) is 0 Å². The number of carboxylic acids is 1. The van der Waals surface area contributed by atoms with Crippen molar-refractivity contribution in [1.82, 2.24) is 10.3 Å². The fourth-order valence-corrected chi connectivity index (χ4v) is 2.96.